The molecular formula is C14H16FN3O. The molecule has 0 saturated heterocycles. The third kappa shape index (κ3) is 3.40. The zero-order valence-electron chi connectivity index (χ0n) is 11.2. The molecule has 0 aliphatic rings. The Balaban J connectivity index is 2.08. The van der Waals surface area contributed by atoms with Crippen molar-refractivity contribution in [3.8, 4) is 5.75 Å². The molecule has 0 radical (unpaired) electrons. The Labute approximate surface area is 111 Å². The predicted octanol–water partition coefficient (Wildman–Crippen LogP) is 2.85. The van der Waals surface area contributed by atoms with Crippen LogP contribution in [0.1, 0.15) is 17.0 Å². The Morgan fingerprint density at radius 3 is 2.42 bits per heavy atom. The van der Waals surface area contributed by atoms with Crippen LogP contribution in [0.5, 0.6) is 5.75 Å². The molecule has 1 aromatic carbocycles. The van der Waals surface area contributed by atoms with Gasteiger partial charge in [-0.15, -0.1) is 0 Å². The molecule has 0 bridgehead atoms. The summed E-state index contributed by atoms with van der Waals surface area (Å²) < 4.78 is 18.4. The zero-order valence-corrected chi connectivity index (χ0v) is 11.2. The first-order valence-electron chi connectivity index (χ1n) is 5.97. The van der Waals surface area contributed by atoms with Crippen LogP contribution in [0.3, 0.4) is 0 Å². The Morgan fingerprint density at radius 1 is 1.16 bits per heavy atom. The fourth-order valence-electron chi connectivity index (χ4n) is 1.81. The number of methoxy groups -OCH3 is 1. The minimum Gasteiger partial charge on any atom is -0.494 e. The first kappa shape index (κ1) is 13.3. The molecule has 0 spiro atoms. The van der Waals surface area contributed by atoms with Gasteiger partial charge >= 0.3 is 0 Å². The molecule has 1 N–H and O–H groups in total. The van der Waals surface area contributed by atoms with Gasteiger partial charge < -0.3 is 10.1 Å². The summed E-state index contributed by atoms with van der Waals surface area (Å²) >= 11 is 0. The van der Waals surface area contributed by atoms with Crippen LogP contribution in [-0.4, -0.2) is 17.1 Å². The van der Waals surface area contributed by atoms with Gasteiger partial charge in [-0.25, -0.2) is 14.4 Å². The fraction of sp³-hybridized carbons (Fsp3) is 0.286. The fourth-order valence-corrected chi connectivity index (χ4v) is 1.81. The molecule has 0 unspecified atom stereocenters. The van der Waals surface area contributed by atoms with Crippen LogP contribution in [0, 0.1) is 19.7 Å². The monoisotopic (exact) mass is 261 g/mol. The Hall–Kier alpha value is -2.17. The lowest BCUT2D eigenvalue weighted by atomic mass is 10.2. The molecule has 0 saturated carbocycles. The van der Waals surface area contributed by atoms with Crippen LogP contribution >= 0.6 is 0 Å². The average Bonchev–Trinajstić information content (AvgIpc) is 2.35. The summed E-state index contributed by atoms with van der Waals surface area (Å²) in [5.74, 6) is 0.420. The molecule has 1 heterocycles. The van der Waals surface area contributed by atoms with Gasteiger partial charge in [0.2, 0.25) is 5.95 Å². The maximum Gasteiger partial charge on any atom is 0.223 e. The number of hydrogen-bond acceptors (Lipinski definition) is 4. The Bertz CT molecular complexity index is 567. The highest BCUT2D eigenvalue weighted by molar-refractivity contribution is 5.33. The summed E-state index contributed by atoms with van der Waals surface area (Å²) in [7, 11) is 1.44. The number of hydrogen-bond donors (Lipinski definition) is 1. The van der Waals surface area contributed by atoms with Crippen molar-refractivity contribution in [2.24, 2.45) is 0 Å². The lowest BCUT2D eigenvalue weighted by Gasteiger charge is -2.08. The molecule has 19 heavy (non-hydrogen) atoms. The third-order valence-corrected chi connectivity index (χ3v) is 2.65. The van der Waals surface area contributed by atoms with Crippen LogP contribution < -0.4 is 10.1 Å². The summed E-state index contributed by atoms with van der Waals surface area (Å²) in [6, 6.07) is 6.75. The lowest BCUT2D eigenvalue weighted by molar-refractivity contribution is 0.386. The number of nitrogens with one attached hydrogen (secondary N) is 1. The topological polar surface area (TPSA) is 47.0 Å². The van der Waals surface area contributed by atoms with Crippen molar-refractivity contribution >= 4 is 5.95 Å². The number of ether oxygens (including phenoxy) is 1. The largest absolute Gasteiger partial charge is 0.494 e. The van der Waals surface area contributed by atoms with Crippen molar-refractivity contribution in [2.45, 2.75) is 20.4 Å². The zero-order chi connectivity index (χ0) is 13.8. The van der Waals surface area contributed by atoms with Gasteiger partial charge in [0.05, 0.1) is 7.11 Å². The Kier molecular flexibility index (Phi) is 3.94. The van der Waals surface area contributed by atoms with E-state index < -0.39 is 0 Å². The number of halogens is 1. The molecule has 1 aromatic heterocycles. The van der Waals surface area contributed by atoms with Crippen molar-refractivity contribution < 1.29 is 9.13 Å². The van der Waals surface area contributed by atoms with E-state index in [1.165, 1.54) is 13.2 Å². The SMILES string of the molecule is COc1ccc(CNc2nc(C)cc(C)n2)cc1F. The molecular weight excluding hydrogens is 245 g/mol. The van der Waals surface area contributed by atoms with Crippen LogP contribution in [-0.2, 0) is 6.54 Å². The van der Waals surface area contributed by atoms with Gasteiger partial charge in [-0.2, -0.15) is 0 Å². The van der Waals surface area contributed by atoms with Gasteiger partial charge in [-0.05, 0) is 37.6 Å². The predicted molar refractivity (Wildman–Crippen MR) is 71.8 cm³/mol. The van der Waals surface area contributed by atoms with E-state index in [-0.39, 0.29) is 11.6 Å². The minimum absolute atomic E-state index is 0.242. The molecule has 2 rings (SSSR count). The van der Waals surface area contributed by atoms with Crippen LogP contribution in [0.25, 0.3) is 0 Å². The van der Waals surface area contributed by atoms with E-state index in [1.54, 1.807) is 12.1 Å². The number of rotatable bonds is 4. The van der Waals surface area contributed by atoms with Gasteiger partial charge in [0.25, 0.3) is 0 Å². The number of anilines is 1. The van der Waals surface area contributed by atoms with Crippen molar-refractivity contribution in [3.63, 3.8) is 0 Å². The van der Waals surface area contributed by atoms with Crippen LogP contribution in [0.15, 0.2) is 24.3 Å². The smallest absolute Gasteiger partial charge is 0.223 e. The highest BCUT2D eigenvalue weighted by Crippen LogP contribution is 2.18. The van der Waals surface area contributed by atoms with Gasteiger partial charge in [-0.3, -0.25) is 0 Å². The van der Waals surface area contributed by atoms with Crippen molar-refractivity contribution in [2.75, 3.05) is 12.4 Å². The van der Waals surface area contributed by atoms with Gasteiger partial charge in [0, 0.05) is 17.9 Å². The summed E-state index contributed by atoms with van der Waals surface area (Å²) in [6.07, 6.45) is 0. The number of benzene rings is 1. The second-order valence-corrected chi connectivity index (χ2v) is 4.30. The van der Waals surface area contributed by atoms with Crippen molar-refractivity contribution in [1.29, 1.82) is 0 Å². The molecule has 0 fully saturated rings. The molecule has 100 valence electrons. The molecule has 5 heteroatoms. The first-order chi connectivity index (χ1) is 9.08. The number of aryl methyl sites for hydroxylation is 2. The highest BCUT2D eigenvalue weighted by atomic mass is 19.1. The first-order valence-corrected chi connectivity index (χ1v) is 5.97. The molecule has 4 nitrogen and oxygen atoms in total. The number of aromatic nitrogens is 2. The second kappa shape index (κ2) is 5.65. The molecule has 0 aliphatic heterocycles. The quantitative estimate of drug-likeness (QED) is 0.919. The van der Waals surface area contributed by atoms with E-state index in [4.69, 9.17) is 4.74 Å². The minimum atomic E-state index is -0.372. The van der Waals surface area contributed by atoms with E-state index in [0.29, 0.717) is 12.5 Å². The maximum absolute atomic E-state index is 13.5. The van der Waals surface area contributed by atoms with E-state index in [2.05, 4.69) is 15.3 Å². The van der Waals surface area contributed by atoms with Crippen LogP contribution in [0.4, 0.5) is 10.3 Å². The normalized spacial score (nSPS) is 10.3. The molecule has 0 atom stereocenters. The van der Waals surface area contributed by atoms with Gasteiger partial charge in [-0.1, -0.05) is 6.07 Å². The van der Waals surface area contributed by atoms with E-state index in [1.807, 2.05) is 19.9 Å². The van der Waals surface area contributed by atoms with E-state index in [9.17, 15) is 4.39 Å². The summed E-state index contributed by atoms with van der Waals surface area (Å²) in [4.78, 5) is 8.53. The second-order valence-electron chi connectivity index (χ2n) is 4.30. The summed E-state index contributed by atoms with van der Waals surface area (Å²) in [6.45, 7) is 4.28. The molecule has 0 aliphatic carbocycles. The summed E-state index contributed by atoms with van der Waals surface area (Å²) in [5, 5.41) is 3.08. The maximum atomic E-state index is 13.5. The molecule has 0 amide bonds. The van der Waals surface area contributed by atoms with Crippen LogP contribution in [0.2, 0.25) is 0 Å². The average molecular weight is 261 g/mol. The third-order valence-electron chi connectivity index (χ3n) is 2.65. The highest BCUT2D eigenvalue weighted by Gasteiger charge is 2.04. The van der Waals surface area contributed by atoms with Gasteiger partial charge in [0.15, 0.2) is 11.6 Å². The lowest BCUT2D eigenvalue weighted by Crippen LogP contribution is -2.05. The van der Waals surface area contributed by atoms with Gasteiger partial charge in [0.1, 0.15) is 0 Å². The molecule has 2 aromatic rings. The summed E-state index contributed by atoms with van der Waals surface area (Å²) in [5.41, 5.74) is 2.60. The van der Waals surface area contributed by atoms with Crippen molar-refractivity contribution in [1.82, 2.24) is 9.97 Å². The number of nitrogens with zero attached hydrogens (tertiary/aromatic N) is 2. The standard InChI is InChI=1S/C14H16FN3O/c1-9-6-10(2)18-14(17-9)16-8-11-4-5-13(19-3)12(15)7-11/h4-7H,8H2,1-3H3,(H,16,17,18). The Morgan fingerprint density at radius 2 is 1.84 bits per heavy atom. The van der Waals surface area contributed by atoms with E-state index in [0.717, 1.165) is 17.0 Å². The van der Waals surface area contributed by atoms with E-state index >= 15 is 0 Å². The van der Waals surface area contributed by atoms with Crippen molar-refractivity contribution in [3.05, 3.63) is 47.0 Å².